The van der Waals surface area contributed by atoms with Gasteiger partial charge >= 0.3 is 0 Å². The standard InChI is InChI=1S/2C14H27NO2.C14H29NO2.C13H25NO2.C13H27NO2.C13H25NO2/c1-6-7-17-12(9-11-8-10(11)2)13(16)15-14(3,4)5;1-5-9-17-12(10-11-7-6-8-11)13(16)15-14(2,3)4;1-8-9-17-11(10-13(2,3)4)12(16)15-14(5,6)7;1-5-8-16-11(9-10-6-7-10)12(15)14-13(2,3)4;1-8-9-16-10(12(2,3)4)11(15)14-13(5,6)7;1-7-8-16-11(9-10(2)3)12(15)14-13(4,5)6/h10-12H,6-9H2,1-5H3,(H,15,16);11-12H,5-10H2,1-4H3,(H,15,16);11H,8-10H2,1-7H3,(H,15,16);10-11H,5-9H2,1-4H3,(H,14,15);10H,8-9H2,1-7H3,(H,14,15);11H,2,7-9H2,1,3-6H3,(H,14,15). The Bertz CT molecular complexity index is 2190. The average Bonchev–Trinajstić information content (AvgIpc) is 1.85. The molecular weight excluding hydrogens is 1250 g/mol. The van der Waals surface area contributed by atoms with Crippen LogP contribution in [0.5, 0.6) is 0 Å². The molecule has 0 heterocycles. The molecule has 8 unspecified atom stereocenters. The van der Waals surface area contributed by atoms with E-state index in [9.17, 15) is 28.8 Å². The van der Waals surface area contributed by atoms with E-state index >= 15 is 0 Å². The zero-order valence-corrected chi connectivity index (χ0v) is 70.1. The average molecular weight is 1410 g/mol. The van der Waals surface area contributed by atoms with Gasteiger partial charge in [0.2, 0.25) is 35.4 Å². The van der Waals surface area contributed by atoms with Gasteiger partial charge in [0, 0.05) is 79.3 Å². The first-order valence-corrected chi connectivity index (χ1v) is 38.3. The minimum atomic E-state index is -0.406. The van der Waals surface area contributed by atoms with Crippen LogP contribution in [0.25, 0.3) is 0 Å². The van der Waals surface area contributed by atoms with Crippen LogP contribution in [0.4, 0.5) is 0 Å². The van der Waals surface area contributed by atoms with Crippen molar-refractivity contribution in [1.82, 2.24) is 31.9 Å². The van der Waals surface area contributed by atoms with Gasteiger partial charge in [-0.2, -0.15) is 0 Å². The molecule has 0 aromatic carbocycles. The number of amides is 6. The predicted molar refractivity (Wildman–Crippen MR) is 412 cm³/mol. The Kier molecular flexibility index (Phi) is 48.6. The number of nitrogens with one attached hydrogen (secondary N) is 6. The van der Waals surface area contributed by atoms with E-state index in [1.165, 1.54) is 38.5 Å². The molecule has 18 nitrogen and oxygen atoms in total. The molecule has 18 heteroatoms. The minimum absolute atomic E-state index is 0.000810. The second kappa shape index (κ2) is 48.4. The summed E-state index contributed by atoms with van der Waals surface area (Å²) in [5.74, 6) is 2.94. The molecule has 99 heavy (non-hydrogen) atoms. The lowest BCUT2D eigenvalue weighted by atomic mass is 9.81. The highest BCUT2D eigenvalue weighted by atomic mass is 16.5. The molecule has 3 rings (SSSR count). The number of hydrogen-bond acceptors (Lipinski definition) is 12. The van der Waals surface area contributed by atoms with E-state index in [1.54, 1.807) is 0 Å². The highest BCUT2D eigenvalue weighted by Crippen LogP contribution is 2.42. The Balaban J connectivity index is -0.00000112. The van der Waals surface area contributed by atoms with Crippen molar-refractivity contribution < 1.29 is 57.2 Å². The van der Waals surface area contributed by atoms with Gasteiger partial charge in [0.05, 0.1) is 0 Å². The number of rotatable bonds is 33. The van der Waals surface area contributed by atoms with E-state index in [0.29, 0.717) is 63.8 Å². The summed E-state index contributed by atoms with van der Waals surface area (Å²) in [7, 11) is 0. The molecule has 3 fully saturated rings. The van der Waals surface area contributed by atoms with Gasteiger partial charge in [-0.05, 0) is 237 Å². The molecule has 6 amide bonds. The van der Waals surface area contributed by atoms with Crippen molar-refractivity contribution >= 4 is 35.4 Å². The second-order valence-electron chi connectivity index (χ2n) is 36.7. The quantitative estimate of drug-likeness (QED) is 0.0337. The molecule has 3 saturated carbocycles. The zero-order chi connectivity index (χ0) is 77.6. The molecule has 8 atom stereocenters. The van der Waals surface area contributed by atoms with Crippen LogP contribution in [0, 0.1) is 34.5 Å². The highest BCUT2D eigenvalue weighted by Gasteiger charge is 2.39. The van der Waals surface area contributed by atoms with Crippen LogP contribution in [0.1, 0.15) is 331 Å². The molecular formula is C81H160N6O12. The third-order valence-electron chi connectivity index (χ3n) is 14.7. The van der Waals surface area contributed by atoms with Gasteiger partial charge in [-0.1, -0.05) is 128 Å². The highest BCUT2D eigenvalue weighted by molar-refractivity contribution is 5.84. The molecule has 0 bridgehead atoms. The summed E-state index contributed by atoms with van der Waals surface area (Å²) >= 11 is 0. The van der Waals surface area contributed by atoms with Gasteiger partial charge in [0.25, 0.3) is 0 Å². The maximum atomic E-state index is 12.1. The molecule has 3 aliphatic rings. The molecule has 0 saturated heterocycles. The van der Waals surface area contributed by atoms with E-state index in [2.05, 4.69) is 93.9 Å². The normalized spacial score (nSPS) is 17.5. The van der Waals surface area contributed by atoms with E-state index in [1.807, 2.05) is 166 Å². The molecule has 0 aromatic rings. The number of carbonyl (C=O) groups excluding carboxylic acids is 6. The Hall–Kier alpha value is -3.68. The van der Waals surface area contributed by atoms with Crippen LogP contribution in [0.15, 0.2) is 12.2 Å². The van der Waals surface area contributed by atoms with Crippen LogP contribution in [0.3, 0.4) is 0 Å². The van der Waals surface area contributed by atoms with E-state index < -0.39 is 6.10 Å². The summed E-state index contributed by atoms with van der Waals surface area (Å²) in [6, 6.07) is 0. The summed E-state index contributed by atoms with van der Waals surface area (Å²) < 4.78 is 33.9. The smallest absolute Gasteiger partial charge is 0.250 e. The van der Waals surface area contributed by atoms with E-state index in [0.717, 1.165) is 75.7 Å². The van der Waals surface area contributed by atoms with Gasteiger partial charge < -0.3 is 60.3 Å². The van der Waals surface area contributed by atoms with Crippen LogP contribution >= 0.6 is 0 Å². The zero-order valence-electron chi connectivity index (χ0n) is 70.1. The van der Waals surface area contributed by atoms with Crippen LogP contribution < -0.4 is 31.9 Å². The largest absolute Gasteiger partial charge is 0.368 e. The van der Waals surface area contributed by atoms with Gasteiger partial charge in [0.1, 0.15) is 36.6 Å². The van der Waals surface area contributed by atoms with Crippen molar-refractivity contribution in [3.63, 3.8) is 0 Å². The number of hydrogen-bond donors (Lipinski definition) is 6. The summed E-state index contributed by atoms with van der Waals surface area (Å²) in [6.45, 7) is 72.4. The number of ether oxygens (including phenoxy) is 6. The first kappa shape index (κ1) is 99.5. The maximum absolute atomic E-state index is 12.1. The first-order valence-electron chi connectivity index (χ1n) is 38.3. The van der Waals surface area contributed by atoms with Crippen molar-refractivity contribution in [2.24, 2.45) is 34.5 Å². The second-order valence-corrected chi connectivity index (χ2v) is 36.7. The van der Waals surface area contributed by atoms with Crippen molar-refractivity contribution in [1.29, 1.82) is 0 Å². The molecule has 0 aromatic heterocycles. The third kappa shape index (κ3) is 59.4. The fourth-order valence-electron chi connectivity index (χ4n) is 9.71. The summed E-state index contributed by atoms with van der Waals surface area (Å²) in [5, 5.41) is 17.9. The Morgan fingerprint density at radius 3 is 0.869 bits per heavy atom. The van der Waals surface area contributed by atoms with Crippen molar-refractivity contribution in [2.45, 2.75) is 401 Å². The maximum Gasteiger partial charge on any atom is 0.250 e. The molecule has 0 spiro atoms. The van der Waals surface area contributed by atoms with Crippen molar-refractivity contribution in [3.8, 4) is 0 Å². The summed E-state index contributed by atoms with van der Waals surface area (Å²) in [4.78, 5) is 72.3. The molecule has 0 radical (unpaired) electrons. The lowest BCUT2D eigenvalue weighted by Crippen LogP contribution is -2.50. The van der Waals surface area contributed by atoms with Crippen LogP contribution in [-0.4, -0.2) is 145 Å². The lowest BCUT2D eigenvalue weighted by molar-refractivity contribution is -0.141. The van der Waals surface area contributed by atoms with Crippen LogP contribution in [-0.2, 0) is 57.2 Å². The molecule has 3 aliphatic carbocycles. The van der Waals surface area contributed by atoms with Crippen LogP contribution in [0.2, 0.25) is 0 Å². The van der Waals surface area contributed by atoms with Crippen molar-refractivity contribution in [3.05, 3.63) is 12.2 Å². The van der Waals surface area contributed by atoms with Gasteiger partial charge in [-0.3, -0.25) is 28.8 Å². The Morgan fingerprint density at radius 1 is 0.374 bits per heavy atom. The minimum Gasteiger partial charge on any atom is -0.368 e. The lowest BCUT2D eigenvalue weighted by Gasteiger charge is -2.32. The molecule has 0 aliphatic heterocycles. The molecule has 586 valence electrons. The van der Waals surface area contributed by atoms with Gasteiger partial charge in [-0.15, -0.1) is 6.58 Å². The van der Waals surface area contributed by atoms with E-state index in [4.69, 9.17) is 28.4 Å². The Labute approximate surface area is 608 Å². The van der Waals surface area contributed by atoms with Gasteiger partial charge in [-0.25, -0.2) is 0 Å². The third-order valence-corrected chi connectivity index (χ3v) is 14.7. The summed E-state index contributed by atoms with van der Waals surface area (Å²) in [6.07, 6.45) is 15.4. The number of carbonyl (C=O) groups is 6. The SMILES string of the molecule is C=C(C)CC(OCCC)C(=O)NC(C)(C)C.CCCOC(C(=O)NC(C)(C)C)C(C)(C)C.CCCOC(CC(C)(C)C)C(=O)NC(C)(C)C.CCCOC(CC1CC1)C(=O)NC(C)(C)C.CCCOC(CC1CC1C)C(=O)NC(C)(C)C.CCCOC(CC1CCC1)C(=O)NC(C)(C)C. The first-order chi connectivity index (χ1) is 45.1. The summed E-state index contributed by atoms with van der Waals surface area (Å²) in [5.41, 5.74) is -0.291. The Morgan fingerprint density at radius 2 is 0.626 bits per heavy atom. The van der Waals surface area contributed by atoms with Crippen molar-refractivity contribution in [2.75, 3.05) is 39.6 Å². The van der Waals surface area contributed by atoms with E-state index in [-0.39, 0.29) is 110 Å². The monoisotopic (exact) mass is 1410 g/mol. The topological polar surface area (TPSA) is 230 Å². The molecule has 6 N–H and O–H groups in total. The predicted octanol–water partition coefficient (Wildman–Crippen LogP) is 16.7. The fourth-order valence-corrected chi connectivity index (χ4v) is 9.71. The fraction of sp³-hybridized carbons (Fsp3) is 0.901. The van der Waals surface area contributed by atoms with Gasteiger partial charge in [0.15, 0.2) is 0 Å².